The maximum atomic E-state index is 13.3. The van der Waals surface area contributed by atoms with E-state index in [0.29, 0.717) is 0 Å². The Bertz CT molecular complexity index is 445. The fourth-order valence-electron chi connectivity index (χ4n) is 1.29. The van der Waals surface area contributed by atoms with Crippen LogP contribution in [0.15, 0.2) is 23.1 Å². The minimum atomic E-state index is -3.42. The predicted molar refractivity (Wildman–Crippen MR) is 53.4 cm³/mol. The number of nitrogens with two attached hydrogens (primary N) is 1. The first-order valence-electron chi connectivity index (χ1n) is 4.26. The minimum absolute atomic E-state index is 0.0143. The van der Waals surface area contributed by atoms with Crippen molar-refractivity contribution in [2.75, 3.05) is 12.9 Å². The van der Waals surface area contributed by atoms with Gasteiger partial charge in [-0.1, -0.05) is 6.07 Å². The smallest absolute Gasteiger partial charge is 0.175 e. The second-order valence-electron chi connectivity index (χ2n) is 3.11. The van der Waals surface area contributed by atoms with Crippen LogP contribution < -0.4 is 5.90 Å². The highest BCUT2D eigenvalue weighted by Gasteiger charge is 2.16. The summed E-state index contributed by atoms with van der Waals surface area (Å²) in [6, 6.07) is 3.93. The van der Waals surface area contributed by atoms with Crippen molar-refractivity contribution in [3.05, 3.63) is 29.6 Å². The van der Waals surface area contributed by atoms with E-state index in [-0.39, 0.29) is 23.5 Å². The lowest BCUT2D eigenvalue weighted by Crippen LogP contribution is -2.10. The van der Waals surface area contributed by atoms with Gasteiger partial charge in [0.1, 0.15) is 5.82 Å². The quantitative estimate of drug-likeness (QED) is 0.776. The Kier molecular flexibility index (Phi) is 3.78. The van der Waals surface area contributed by atoms with Gasteiger partial charge in [-0.25, -0.2) is 18.7 Å². The van der Waals surface area contributed by atoms with Crippen LogP contribution in [0.3, 0.4) is 0 Å². The molecule has 0 unspecified atom stereocenters. The largest absolute Gasteiger partial charge is 0.304 e. The zero-order valence-electron chi connectivity index (χ0n) is 8.23. The van der Waals surface area contributed by atoms with Gasteiger partial charge in [0, 0.05) is 18.2 Å². The lowest BCUT2D eigenvalue weighted by Gasteiger charge is -2.07. The molecule has 1 aromatic rings. The number of sulfone groups is 1. The van der Waals surface area contributed by atoms with Crippen LogP contribution in [0.5, 0.6) is 0 Å². The molecule has 4 nitrogen and oxygen atoms in total. The molecule has 0 aliphatic carbocycles. The lowest BCUT2D eigenvalue weighted by atomic mass is 10.1. The number of hydrogen-bond acceptors (Lipinski definition) is 4. The van der Waals surface area contributed by atoms with E-state index < -0.39 is 15.7 Å². The van der Waals surface area contributed by atoms with E-state index in [9.17, 15) is 12.8 Å². The molecule has 2 N–H and O–H groups in total. The molecular formula is C9H12FNO3S. The molecule has 0 heterocycles. The minimum Gasteiger partial charge on any atom is -0.304 e. The molecule has 1 rings (SSSR count). The van der Waals surface area contributed by atoms with E-state index in [1.807, 2.05) is 0 Å². The van der Waals surface area contributed by atoms with Crippen molar-refractivity contribution in [1.82, 2.24) is 0 Å². The SMILES string of the molecule is CS(=O)(=O)c1cccc(F)c1CCON. The van der Waals surface area contributed by atoms with Crippen molar-refractivity contribution in [2.45, 2.75) is 11.3 Å². The number of benzene rings is 1. The van der Waals surface area contributed by atoms with Crippen LogP contribution in [-0.2, 0) is 21.1 Å². The first-order chi connectivity index (χ1) is 6.96. The molecule has 15 heavy (non-hydrogen) atoms. The summed E-state index contributed by atoms with van der Waals surface area (Å²) in [5.41, 5.74) is 0.116. The maximum absolute atomic E-state index is 13.3. The van der Waals surface area contributed by atoms with Crippen molar-refractivity contribution in [2.24, 2.45) is 5.90 Å². The fraction of sp³-hybridized carbons (Fsp3) is 0.333. The van der Waals surface area contributed by atoms with Crippen LogP contribution in [0.25, 0.3) is 0 Å². The molecule has 0 spiro atoms. The summed E-state index contributed by atoms with van der Waals surface area (Å²) < 4.78 is 36.0. The Morgan fingerprint density at radius 1 is 1.47 bits per heavy atom. The summed E-state index contributed by atoms with van der Waals surface area (Å²) in [5, 5.41) is 0. The van der Waals surface area contributed by atoms with Gasteiger partial charge in [0.15, 0.2) is 9.84 Å². The van der Waals surface area contributed by atoms with Crippen LogP contribution in [0.4, 0.5) is 4.39 Å². The van der Waals surface area contributed by atoms with Gasteiger partial charge in [0.05, 0.1) is 11.5 Å². The van der Waals surface area contributed by atoms with E-state index >= 15 is 0 Å². The molecule has 0 amide bonds. The Hall–Kier alpha value is -0.980. The highest BCUT2D eigenvalue weighted by atomic mass is 32.2. The van der Waals surface area contributed by atoms with Gasteiger partial charge in [-0.3, -0.25) is 0 Å². The summed E-state index contributed by atoms with van der Waals surface area (Å²) in [5.74, 6) is 4.25. The monoisotopic (exact) mass is 233 g/mol. The van der Waals surface area contributed by atoms with E-state index in [2.05, 4.69) is 4.84 Å². The van der Waals surface area contributed by atoms with E-state index in [1.54, 1.807) is 0 Å². The standard InChI is InChI=1S/C9H12FNO3S/c1-15(12,13)9-4-2-3-8(10)7(9)5-6-14-11/h2-4H,5-6,11H2,1H3. The zero-order chi connectivity index (χ0) is 11.5. The fourth-order valence-corrected chi connectivity index (χ4v) is 2.26. The van der Waals surface area contributed by atoms with Gasteiger partial charge >= 0.3 is 0 Å². The van der Waals surface area contributed by atoms with E-state index in [1.165, 1.54) is 18.2 Å². The molecule has 0 aromatic heterocycles. The Balaban J connectivity index is 3.21. The van der Waals surface area contributed by atoms with Crippen LogP contribution >= 0.6 is 0 Å². The summed E-state index contributed by atoms with van der Waals surface area (Å²) >= 11 is 0. The Morgan fingerprint density at radius 2 is 2.13 bits per heavy atom. The van der Waals surface area contributed by atoms with Crippen molar-refractivity contribution in [3.8, 4) is 0 Å². The molecule has 0 aliphatic heterocycles. The van der Waals surface area contributed by atoms with Crippen LogP contribution in [0.2, 0.25) is 0 Å². The molecule has 0 aliphatic rings. The third-order valence-electron chi connectivity index (χ3n) is 1.95. The van der Waals surface area contributed by atoms with Crippen LogP contribution in [-0.4, -0.2) is 21.3 Å². The van der Waals surface area contributed by atoms with E-state index in [4.69, 9.17) is 5.90 Å². The third kappa shape index (κ3) is 2.98. The Labute approximate surface area is 87.7 Å². The van der Waals surface area contributed by atoms with Gasteiger partial charge in [0.2, 0.25) is 0 Å². The van der Waals surface area contributed by atoms with Crippen molar-refractivity contribution in [1.29, 1.82) is 0 Å². The molecule has 0 bridgehead atoms. The first-order valence-corrected chi connectivity index (χ1v) is 6.15. The normalized spacial score (nSPS) is 11.7. The average molecular weight is 233 g/mol. The molecule has 84 valence electrons. The second kappa shape index (κ2) is 4.69. The molecule has 0 saturated heterocycles. The lowest BCUT2D eigenvalue weighted by molar-refractivity contribution is 0.140. The summed E-state index contributed by atoms with van der Waals surface area (Å²) in [6.45, 7) is 0.0729. The second-order valence-corrected chi connectivity index (χ2v) is 5.09. The topological polar surface area (TPSA) is 69.4 Å². The predicted octanol–water partition coefficient (Wildman–Crippen LogP) is 0.662. The van der Waals surface area contributed by atoms with Gasteiger partial charge in [0.25, 0.3) is 0 Å². The van der Waals surface area contributed by atoms with E-state index in [0.717, 1.165) is 6.26 Å². The highest BCUT2D eigenvalue weighted by Crippen LogP contribution is 2.19. The molecular weight excluding hydrogens is 221 g/mol. The first kappa shape index (κ1) is 12.1. The van der Waals surface area contributed by atoms with Crippen LogP contribution in [0, 0.1) is 5.82 Å². The summed E-state index contributed by atoms with van der Waals surface area (Å²) in [4.78, 5) is 4.29. The summed E-state index contributed by atoms with van der Waals surface area (Å²) in [6.07, 6.45) is 1.17. The van der Waals surface area contributed by atoms with Gasteiger partial charge in [-0.05, 0) is 12.1 Å². The molecule has 0 fully saturated rings. The van der Waals surface area contributed by atoms with Crippen molar-refractivity contribution < 1.29 is 17.6 Å². The number of rotatable bonds is 4. The Morgan fingerprint density at radius 3 is 2.67 bits per heavy atom. The van der Waals surface area contributed by atoms with Gasteiger partial charge in [-0.2, -0.15) is 0 Å². The molecule has 6 heteroatoms. The van der Waals surface area contributed by atoms with Gasteiger partial charge in [-0.15, -0.1) is 0 Å². The number of hydrogen-bond donors (Lipinski definition) is 1. The number of halogens is 1. The zero-order valence-corrected chi connectivity index (χ0v) is 9.05. The summed E-state index contributed by atoms with van der Waals surface area (Å²) in [7, 11) is -3.42. The molecule has 0 atom stereocenters. The molecule has 0 saturated carbocycles. The molecule has 1 aromatic carbocycles. The maximum Gasteiger partial charge on any atom is 0.175 e. The molecule has 0 radical (unpaired) electrons. The van der Waals surface area contributed by atoms with Crippen molar-refractivity contribution in [3.63, 3.8) is 0 Å². The van der Waals surface area contributed by atoms with Crippen molar-refractivity contribution >= 4 is 9.84 Å². The van der Waals surface area contributed by atoms with Gasteiger partial charge < -0.3 is 4.84 Å². The third-order valence-corrected chi connectivity index (χ3v) is 3.13. The highest BCUT2D eigenvalue weighted by molar-refractivity contribution is 7.90. The van der Waals surface area contributed by atoms with Crippen LogP contribution in [0.1, 0.15) is 5.56 Å². The average Bonchev–Trinajstić information content (AvgIpc) is 2.14.